The number of nitrogens with zero attached hydrogens (tertiary/aromatic N) is 4. The quantitative estimate of drug-likeness (QED) is 0.0610. The number of nitrogens with two attached hydrogens (primary N) is 2. The normalized spacial score (nSPS) is 21.0. The van der Waals surface area contributed by atoms with Gasteiger partial charge in [0, 0.05) is 23.9 Å². The van der Waals surface area contributed by atoms with E-state index in [4.69, 9.17) is 25.6 Å². The van der Waals surface area contributed by atoms with E-state index in [1.807, 2.05) is 12.1 Å². The van der Waals surface area contributed by atoms with Gasteiger partial charge in [-0.1, -0.05) is 5.16 Å². The molecule has 0 aliphatic carbocycles. The summed E-state index contributed by atoms with van der Waals surface area (Å²) in [5.74, 6) is -1.28. The van der Waals surface area contributed by atoms with Crippen molar-refractivity contribution in [2.24, 2.45) is 21.8 Å². The van der Waals surface area contributed by atoms with E-state index < -0.39 is 33.5 Å². The molecule has 15 nitrogen and oxygen atoms in total. The fourth-order valence-electron chi connectivity index (χ4n) is 4.34. The van der Waals surface area contributed by atoms with Crippen molar-refractivity contribution in [1.29, 1.82) is 0 Å². The van der Waals surface area contributed by atoms with Gasteiger partial charge in [0.25, 0.3) is 5.91 Å². The van der Waals surface area contributed by atoms with E-state index >= 15 is 0 Å². The second-order valence-electron chi connectivity index (χ2n) is 9.85. The molecule has 2 aliphatic heterocycles. The smallest absolute Gasteiger partial charge is 0.418 e. The van der Waals surface area contributed by atoms with E-state index in [9.17, 15) is 18.0 Å². The first-order chi connectivity index (χ1) is 19.3. The third-order valence-electron chi connectivity index (χ3n) is 6.57. The minimum atomic E-state index is -4.92. The molecule has 1 unspecified atom stereocenters. The first-order valence-corrected chi connectivity index (χ1v) is 14.8. The minimum Gasteiger partial charge on any atom is -0.490 e. The lowest BCUT2D eigenvalue weighted by molar-refractivity contribution is -0.228. The maximum absolute atomic E-state index is 13.1. The number of hydrogen-bond acceptors (Lipinski definition) is 13. The van der Waals surface area contributed by atoms with Gasteiger partial charge in [0.05, 0.1) is 17.5 Å². The standard InChI is InChI=1S/C24H31N7O8S2/c1-24(2)17(22(33)31(24)39-41(34,35)36)11-19(32)20(18-13-40-23(26)29-18)30-38-10-9-37-16-5-3-14(4-6-16)21(25)28-15-7-8-27-12-15/h3-6,13,15,17,27H,7-12H2,1-2H3,(H2,25,28)(H2,26,29)(H,34,35,36)/b30-20-/t15-,17?/m0/s1. The number of carbonyl (C=O) groups is 2. The van der Waals surface area contributed by atoms with Crippen LogP contribution in [0.3, 0.4) is 0 Å². The second kappa shape index (κ2) is 12.5. The summed E-state index contributed by atoms with van der Waals surface area (Å²) < 4.78 is 41.0. The first kappa shape index (κ1) is 30.3. The van der Waals surface area contributed by atoms with Crippen LogP contribution in [0.4, 0.5) is 5.13 Å². The van der Waals surface area contributed by atoms with Gasteiger partial charge in [0.15, 0.2) is 23.2 Å². The van der Waals surface area contributed by atoms with Gasteiger partial charge in [-0.25, -0.2) is 4.98 Å². The zero-order valence-corrected chi connectivity index (χ0v) is 24.0. The maximum atomic E-state index is 13.1. The van der Waals surface area contributed by atoms with Crippen molar-refractivity contribution in [1.82, 2.24) is 15.4 Å². The zero-order chi connectivity index (χ0) is 29.8. The average Bonchev–Trinajstić information content (AvgIpc) is 3.59. The number of oxime groups is 1. The van der Waals surface area contributed by atoms with Crippen LogP contribution in [0.2, 0.25) is 0 Å². The van der Waals surface area contributed by atoms with E-state index in [-0.39, 0.29) is 42.2 Å². The van der Waals surface area contributed by atoms with Crippen molar-refractivity contribution in [2.75, 3.05) is 32.0 Å². The number of benzene rings is 1. The first-order valence-electron chi connectivity index (χ1n) is 12.6. The van der Waals surface area contributed by atoms with Gasteiger partial charge < -0.3 is 26.4 Å². The molecule has 0 saturated carbocycles. The third-order valence-corrected chi connectivity index (χ3v) is 7.58. The van der Waals surface area contributed by atoms with Crippen LogP contribution < -0.4 is 21.5 Å². The number of nitrogen functional groups attached to an aromatic ring is 1. The summed E-state index contributed by atoms with van der Waals surface area (Å²) in [5.41, 5.74) is 11.4. The number of hydrogen-bond donors (Lipinski definition) is 4. The lowest BCUT2D eigenvalue weighted by Crippen LogP contribution is -2.68. The Morgan fingerprint density at radius 2 is 2.02 bits per heavy atom. The van der Waals surface area contributed by atoms with Crippen LogP contribution in [0.5, 0.6) is 5.75 Å². The molecule has 0 bridgehead atoms. The van der Waals surface area contributed by atoms with Crippen LogP contribution in [-0.4, -0.2) is 84.1 Å². The molecule has 2 saturated heterocycles. The molecule has 1 amide bonds. The number of aromatic nitrogens is 1. The Morgan fingerprint density at radius 1 is 1.29 bits per heavy atom. The number of nitrogens with one attached hydrogen (secondary N) is 1. The molecule has 4 rings (SSSR count). The van der Waals surface area contributed by atoms with Crippen LogP contribution >= 0.6 is 11.3 Å². The molecule has 2 aromatic rings. The summed E-state index contributed by atoms with van der Waals surface area (Å²) >= 11 is 1.09. The molecule has 1 aromatic carbocycles. The molecule has 0 spiro atoms. The third kappa shape index (κ3) is 7.56. The second-order valence-corrected chi connectivity index (χ2v) is 11.7. The zero-order valence-electron chi connectivity index (χ0n) is 22.3. The number of thiazole rings is 1. The molecule has 2 aliphatic rings. The number of carbonyl (C=O) groups excluding carboxylic acids is 2. The Morgan fingerprint density at radius 3 is 2.61 bits per heavy atom. The highest BCUT2D eigenvalue weighted by molar-refractivity contribution is 7.80. The van der Waals surface area contributed by atoms with Crippen molar-refractivity contribution in [3.05, 3.63) is 40.9 Å². The van der Waals surface area contributed by atoms with E-state index in [0.29, 0.717) is 16.6 Å². The molecule has 6 N–H and O–H groups in total. The number of amides is 1. The minimum absolute atomic E-state index is 0.0136. The van der Waals surface area contributed by atoms with Crippen molar-refractivity contribution >= 4 is 50.1 Å². The lowest BCUT2D eigenvalue weighted by atomic mass is 9.74. The Hall–Kier alpha value is -3.64. The number of anilines is 1. The molecule has 2 fully saturated rings. The van der Waals surface area contributed by atoms with Gasteiger partial charge in [-0.2, -0.15) is 13.5 Å². The Kier molecular flexibility index (Phi) is 9.23. The molecule has 222 valence electrons. The Bertz CT molecular complexity index is 1430. The summed E-state index contributed by atoms with van der Waals surface area (Å²) in [5, 5.41) is 9.41. The molecule has 0 radical (unpaired) electrons. The van der Waals surface area contributed by atoms with Gasteiger partial charge in [-0.05, 0) is 51.1 Å². The van der Waals surface area contributed by atoms with Crippen molar-refractivity contribution in [2.45, 2.75) is 38.3 Å². The van der Waals surface area contributed by atoms with Crippen LogP contribution in [-0.2, 0) is 29.1 Å². The number of β-lactam (4-membered cyclic amide) rings is 1. The van der Waals surface area contributed by atoms with Gasteiger partial charge in [-0.3, -0.25) is 19.1 Å². The van der Waals surface area contributed by atoms with Crippen LogP contribution in [0, 0.1) is 5.92 Å². The number of amidine groups is 1. The van der Waals surface area contributed by atoms with Crippen LogP contribution in [0.15, 0.2) is 39.8 Å². The topological polar surface area (TPSA) is 221 Å². The van der Waals surface area contributed by atoms with Gasteiger partial charge >= 0.3 is 10.4 Å². The summed E-state index contributed by atoms with van der Waals surface area (Å²) in [6, 6.07) is 7.31. The summed E-state index contributed by atoms with van der Waals surface area (Å²) in [6.45, 7) is 4.82. The SMILES string of the molecule is CC1(C)C(CC(=O)/C(=N\OCCOc2ccc(C(N)=N[C@H]3CCNC3)cc2)c2csc(N)n2)C(=O)N1OS(=O)(=O)O. The highest BCUT2D eigenvalue weighted by Crippen LogP contribution is 2.40. The average molecular weight is 610 g/mol. The molecule has 41 heavy (non-hydrogen) atoms. The van der Waals surface area contributed by atoms with Crippen LogP contribution in [0.25, 0.3) is 0 Å². The monoisotopic (exact) mass is 609 g/mol. The maximum Gasteiger partial charge on any atom is 0.418 e. The van der Waals surface area contributed by atoms with Crippen molar-refractivity contribution in [3.8, 4) is 5.75 Å². The summed E-state index contributed by atoms with van der Waals surface area (Å²) in [4.78, 5) is 39.5. The summed E-state index contributed by atoms with van der Waals surface area (Å²) in [6.07, 6.45) is 0.609. The lowest BCUT2D eigenvalue weighted by Gasteiger charge is -2.50. The number of Topliss-reactive ketones (excluding diaryl/α,β-unsaturated/α-hetero) is 1. The molecular formula is C24H31N7O8S2. The van der Waals surface area contributed by atoms with Crippen molar-refractivity contribution in [3.63, 3.8) is 0 Å². The predicted molar refractivity (Wildman–Crippen MR) is 150 cm³/mol. The summed E-state index contributed by atoms with van der Waals surface area (Å²) in [7, 11) is -4.92. The number of hydroxylamine groups is 2. The van der Waals surface area contributed by atoms with E-state index in [1.54, 1.807) is 12.1 Å². The number of ketones is 1. The number of rotatable bonds is 13. The number of aliphatic imine (C=N–C) groups is 1. The van der Waals surface area contributed by atoms with Crippen molar-refractivity contribution < 1.29 is 36.4 Å². The number of ether oxygens (including phenoxy) is 1. The molecular weight excluding hydrogens is 578 g/mol. The fourth-order valence-corrected chi connectivity index (χ4v) is 5.34. The Balaban J connectivity index is 1.33. The van der Waals surface area contributed by atoms with E-state index in [2.05, 4.69) is 24.7 Å². The molecule has 1 aromatic heterocycles. The van der Waals surface area contributed by atoms with Gasteiger partial charge in [0.1, 0.15) is 23.9 Å². The largest absolute Gasteiger partial charge is 0.490 e. The van der Waals surface area contributed by atoms with Gasteiger partial charge in [0.2, 0.25) is 0 Å². The fraction of sp³-hybridized carbons (Fsp3) is 0.458. The van der Waals surface area contributed by atoms with E-state index in [1.165, 1.54) is 19.2 Å². The van der Waals surface area contributed by atoms with Crippen LogP contribution in [0.1, 0.15) is 37.9 Å². The molecule has 17 heteroatoms. The molecule has 2 atom stereocenters. The van der Waals surface area contributed by atoms with E-state index in [0.717, 1.165) is 36.4 Å². The highest BCUT2D eigenvalue weighted by atomic mass is 32.3. The van der Waals surface area contributed by atoms with Gasteiger partial charge in [-0.15, -0.1) is 15.6 Å². The Labute approximate surface area is 240 Å². The highest BCUT2D eigenvalue weighted by Gasteiger charge is 2.57. The predicted octanol–water partition coefficient (Wildman–Crippen LogP) is 0.523. The molecule has 3 heterocycles.